The predicted octanol–water partition coefficient (Wildman–Crippen LogP) is 3.89. The summed E-state index contributed by atoms with van der Waals surface area (Å²) in [5.41, 5.74) is 1.69. The van der Waals surface area contributed by atoms with Gasteiger partial charge in [-0.05, 0) is 33.8 Å². The van der Waals surface area contributed by atoms with Gasteiger partial charge in [0, 0.05) is 11.4 Å². The number of nitrogens with one attached hydrogen (secondary N) is 1. The van der Waals surface area contributed by atoms with Gasteiger partial charge in [-0.3, -0.25) is 0 Å². The lowest BCUT2D eigenvalue weighted by molar-refractivity contribution is 0.811. The summed E-state index contributed by atoms with van der Waals surface area (Å²) in [6.45, 7) is 8.70. The van der Waals surface area contributed by atoms with E-state index in [0.717, 1.165) is 34.0 Å². The Labute approximate surface area is 132 Å². The van der Waals surface area contributed by atoms with Gasteiger partial charge in [-0.1, -0.05) is 11.6 Å². The molecule has 0 atom stereocenters. The number of hydrogen-bond acceptors (Lipinski definition) is 5. The summed E-state index contributed by atoms with van der Waals surface area (Å²) < 4.78 is 1.80. The van der Waals surface area contributed by atoms with Crippen molar-refractivity contribution < 1.29 is 0 Å². The Morgan fingerprint density at radius 1 is 1.29 bits per heavy atom. The highest BCUT2D eigenvalue weighted by molar-refractivity contribution is 7.18. The number of nitrogens with zero attached hydrogens (tertiary/aromatic N) is 4. The molecule has 0 fully saturated rings. The molecule has 0 amide bonds. The summed E-state index contributed by atoms with van der Waals surface area (Å²) in [5, 5.41) is 9.36. The minimum absolute atomic E-state index is 0.616. The molecule has 0 saturated heterocycles. The predicted molar refractivity (Wildman–Crippen MR) is 87.9 cm³/mol. The van der Waals surface area contributed by atoms with Crippen molar-refractivity contribution in [2.24, 2.45) is 0 Å². The maximum absolute atomic E-state index is 6.27. The van der Waals surface area contributed by atoms with Crippen molar-refractivity contribution in [1.82, 2.24) is 19.7 Å². The van der Waals surface area contributed by atoms with Crippen molar-refractivity contribution >= 4 is 39.1 Å². The number of fused-ring (bicyclic) bond motifs is 1. The van der Waals surface area contributed by atoms with Crippen LogP contribution in [-0.2, 0) is 0 Å². The minimum Gasteiger partial charge on any atom is -0.354 e. The van der Waals surface area contributed by atoms with Crippen LogP contribution < -0.4 is 5.32 Å². The molecular formula is C14H16ClN5S. The normalized spacial score (nSPS) is 11.3. The molecule has 1 N–H and O–H groups in total. The molecule has 3 heterocycles. The van der Waals surface area contributed by atoms with Crippen LogP contribution in [-0.4, -0.2) is 26.3 Å². The fourth-order valence-corrected chi connectivity index (χ4v) is 3.25. The Balaban J connectivity index is 2.31. The van der Waals surface area contributed by atoms with E-state index in [1.165, 1.54) is 4.88 Å². The van der Waals surface area contributed by atoms with E-state index >= 15 is 0 Å². The Morgan fingerprint density at radius 3 is 2.67 bits per heavy atom. The number of rotatable bonds is 3. The third kappa shape index (κ3) is 2.38. The van der Waals surface area contributed by atoms with Crippen molar-refractivity contribution in [3.8, 4) is 5.82 Å². The van der Waals surface area contributed by atoms with Crippen LogP contribution in [0.1, 0.15) is 23.2 Å². The molecule has 0 radical (unpaired) electrons. The van der Waals surface area contributed by atoms with Gasteiger partial charge in [0.25, 0.3) is 0 Å². The van der Waals surface area contributed by atoms with E-state index in [2.05, 4.69) is 33.4 Å². The van der Waals surface area contributed by atoms with E-state index in [-0.39, 0.29) is 0 Å². The van der Waals surface area contributed by atoms with Crippen molar-refractivity contribution in [2.45, 2.75) is 27.7 Å². The molecule has 0 aromatic carbocycles. The Bertz CT molecular complexity index is 820. The Kier molecular flexibility index (Phi) is 3.59. The minimum atomic E-state index is 0.616. The van der Waals surface area contributed by atoms with Crippen LogP contribution in [0.4, 0.5) is 5.95 Å². The first-order valence-corrected chi connectivity index (χ1v) is 7.94. The number of aryl methyl sites for hydroxylation is 2. The van der Waals surface area contributed by atoms with E-state index in [9.17, 15) is 0 Å². The largest absolute Gasteiger partial charge is 0.354 e. The Morgan fingerprint density at radius 2 is 2.05 bits per heavy atom. The molecule has 0 aliphatic heterocycles. The molecule has 5 nitrogen and oxygen atoms in total. The standard InChI is InChI=1S/C14H16ClN5S/c1-5-16-14-17-12(10-6-7(2)21-13(10)18-14)20-9(4)11(15)8(3)19-20/h6H,5H2,1-4H3,(H,16,17,18). The van der Waals surface area contributed by atoms with Crippen molar-refractivity contribution in [3.05, 3.63) is 27.4 Å². The third-order valence-corrected chi connectivity index (χ3v) is 4.73. The van der Waals surface area contributed by atoms with Gasteiger partial charge < -0.3 is 5.32 Å². The summed E-state index contributed by atoms with van der Waals surface area (Å²) >= 11 is 7.92. The number of aromatic nitrogens is 4. The lowest BCUT2D eigenvalue weighted by Gasteiger charge is -2.08. The van der Waals surface area contributed by atoms with Gasteiger partial charge in [-0.2, -0.15) is 10.1 Å². The second-order valence-electron chi connectivity index (χ2n) is 4.87. The monoisotopic (exact) mass is 321 g/mol. The van der Waals surface area contributed by atoms with Crippen LogP contribution in [0.15, 0.2) is 6.07 Å². The van der Waals surface area contributed by atoms with Gasteiger partial charge in [-0.15, -0.1) is 11.3 Å². The molecular weight excluding hydrogens is 306 g/mol. The fourth-order valence-electron chi connectivity index (χ4n) is 2.26. The lowest BCUT2D eigenvalue weighted by atomic mass is 10.3. The molecule has 0 aliphatic carbocycles. The number of hydrogen-bond donors (Lipinski definition) is 1. The summed E-state index contributed by atoms with van der Waals surface area (Å²) in [6.07, 6.45) is 0. The second kappa shape index (κ2) is 5.27. The fraction of sp³-hybridized carbons (Fsp3) is 0.357. The maximum atomic E-state index is 6.27. The summed E-state index contributed by atoms with van der Waals surface area (Å²) in [4.78, 5) is 11.3. The van der Waals surface area contributed by atoms with Gasteiger partial charge >= 0.3 is 0 Å². The highest BCUT2D eigenvalue weighted by Crippen LogP contribution is 2.31. The van der Waals surface area contributed by atoms with E-state index in [0.29, 0.717) is 11.0 Å². The van der Waals surface area contributed by atoms with E-state index in [1.807, 2.05) is 20.8 Å². The first-order chi connectivity index (χ1) is 10.0. The van der Waals surface area contributed by atoms with E-state index in [1.54, 1.807) is 16.0 Å². The van der Waals surface area contributed by atoms with Crippen molar-refractivity contribution in [2.75, 3.05) is 11.9 Å². The summed E-state index contributed by atoms with van der Waals surface area (Å²) in [6, 6.07) is 2.09. The van der Waals surface area contributed by atoms with Gasteiger partial charge in [0.15, 0.2) is 5.82 Å². The van der Waals surface area contributed by atoms with E-state index in [4.69, 9.17) is 11.6 Å². The van der Waals surface area contributed by atoms with Gasteiger partial charge in [-0.25, -0.2) is 9.67 Å². The Hall–Kier alpha value is -1.66. The number of anilines is 1. The topological polar surface area (TPSA) is 55.6 Å². The second-order valence-corrected chi connectivity index (χ2v) is 6.49. The molecule has 110 valence electrons. The number of thiophene rings is 1. The molecule has 3 rings (SSSR count). The van der Waals surface area contributed by atoms with Crippen LogP contribution in [0, 0.1) is 20.8 Å². The smallest absolute Gasteiger partial charge is 0.226 e. The summed E-state index contributed by atoms with van der Waals surface area (Å²) in [5.74, 6) is 1.39. The zero-order valence-electron chi connectivity index (χ0n) is 12.4. The zero-order valence-corrected chi connectivity index (χ0v) is 13.9. The lowest BCUT2D eigenvalue weighted by Crippen LogP contribution is -2.08. The van der Waals surface area contributed by atoms with Crippen LogP contribution in [0.2, 0.25) is 5.02 Å². The van der Waals surface area contributed by atoms with Gasteiger partial charge in [0.05, 0.1) is 21.8 Å². The average molecular weight is 322 g/mol. The molecule has 0 unspecified atom stereocenters. The third-order valence-electron chi connectivity index (χ3n) is 3.23. The molecule has 0 aliphatic rings. The first kappa shape index (κ1) is 14.3. The first-order valence-electron chi connectivity index (χ1n) is 6.75. The van der Waals surface area contributed by atoms with Crippen molar-refractivity contribution in [1.29, 1.82) is 0 Å². The average Bonchev–Trinajstić information content (AvgIpc) is 2.93. The van der Waals surface area contributed by atoms with Crippen LogP contribution in [0.3, 0.4) is 0 Å². The molecule has 3 aromatic rings. The van der Waals surface area contributed by atoms with Gasteiger partial charge in [0.2, 0.25) is 5.95 Å². The SMILES string of the molecule is CCNc1nc(-n2nc(C)c(Cl)c2C)c2cc(C)sc2n1. The maximum Gasteiger partial charge on any atom is 0.226 e. The van der Waals surface area contributed by atoms with Crippen LogP contribution in [0.5, 0.6) is 0 Å². The highest BCUT2D eigenvalue weighted by atomic mass is 35.5. The van der Waals surface area contributed by atoms with Crippen LogP contribution >= 0.6 is 22.9 Å². The number of halogens is 1. The van der Waals surface area contributed by atoms with E-state index < -0.39 is 0 Å². The molecule has 21 heavy (non-hydrogen) atoms. The molecule has 0 bridgehead atoms. The molecule has 7 heteroatoms. The zero-order chi connectivity index (χ0) is 15.1. The quantitative estimate of drug-likeness (QED) is 0.795. The van der Waals surface area contributed by atoms with Crippen LogP contribution in [0.25, 0.3) is 16.0 Å². The van der Waals surface area contributed by atoms with Gasteiger partial charge in [0.1, 0.15) is 4.83 Å². The molecule has 0 spiro atoms. The molecule has 3 aromatic heterocycles. The summed E-state index contributed by atoms with van der Waals surface area (Å²) in [7, 11) is 0. The van der Waals surface area contributed by atoms with Crippen molar-refractivity contribution in [3.63, 3.8) is 0 Å². The highest BCUT2D eigenvalue weighted by Gasteiger charge is 2.17. The molecule has 0 saturated carbocycles.